The quantitative estimate of drug-likeness (QED) is 0.721. The van der Waals surface area contributed by atoms with Gasteiger partial charge in [-0.15, -0.1) is 13.2 Å². The lowest BCUT2D eigenvalue weighted by Crippen LogP contribution is -2.18. The third-order valence-corrected chi connectivity index (χ3v) is 1.39. The number of ether oxygens (including phenoxy) is 1. The van der Waals surface area contributed by atoms with E-state index in [0.717, 1.165) is 12.3 Å². The molecule has 0 aliphatic carbocycles. The average Bonchev–Trinajstić information content (AvgIpc) is 2.12. The van der Waals surface area contributed by atoms with Crippen molar-refractivity contribution < 1.29 is 22.7 Å². The number of hydrogen-bond donors (Lipinski definition) is 0. The van der Waals surface area contributed by atoms with Crippen LogP contribution in [0.3, 0.4) is 0 Å². The average molecular weight is 220 g/mol. The summed E-state index contributed by atoms with van der Waals surface area (Å²) in [5.74, 6) is -0.428. The smallest absolute Gasteiger partial charge is 0.388 e. The maximum atomic E-state index is 11.8. The van der Waals surface area contributed by atoms with Crippen LogP contribution in [0.15, 0.2) is 12.3 Å². The van der Waals surface area contributed by atoms with E-state index < -0.39 is 12.2 Å². The number of carbonyl (C=O) groups excluding carboxylic acids is 1. The molecule has 0 saturated heterocycles. The summed E-state index contributed by atoms with van der Waals surface area (Å²) in [7, 11) is 0. The minimum atomic E-state index is -4.77. The first-order valence-electron chi connectivity index (χ1n) is 4.02. The number of nitrogens with zero attached hydrogens (tertiary/aromatic N) is 2. The Kier molecular flexibility index (Phi) is 3.59. The summed E-state index contributed by atoms with van der Waals surface area (Å²) in [6.45, 7) is 0. The Labute approximate surface area is 83.1 Å². The van der Waals surface area contributed by atoms with Gasteiger partial charge < -0.3 is 9.53 Å². The highest BCUT2D eigenvalue weighted by molar-refractivity contribution is 5.49. The lowest BCUT2D eigenvalue weighted by molar-refractivity contribution is -0.276. The summed E-state index contributed by atoms with van der Waals surface area (Å²) in [4.78, 5) is 17.2. The third kappa shape index (κ3) is 4.39. The zero-order chi connectivity index (χ0) is 11.3. The van der Waals surface area contributed by atoms with Crippen molar-refractivity contribution in [3.63, 3.8) is 0 Å². The van der Waals surface area contributed by atoms with E-state index in [-0.39, 0.29) is 18.7 Å². The molecule has 1 heterocycles. The molecule has 0 amide bonds. The number of aldehydes is 1. The molecular weight excluding hydrogens is 213 g/mol. The SMILES string of the molecule is O=CCCc1nccc(OC(F)(F)F)n1. The second-order valence-corrected chi connectivity index (χ2v) is 2.56. The van der Waals surface area contributed by atoms with Gasteiger partial charge in [-0.1, -0.05) is 0 Å². The molecule has 15 heavy (non-hydrogen) atoms. The molecule has 1 aromatic rings. The number of alkyl halides is 3. The van der Waals surface area contributed by atoms with Gasteiger partial charge in [0.2, 0.25) is 5.88 Å². The molecule has 7 heteroatoms. The van der Waals surface area contributed by atoms with E-state index in [1.807, 2.05) is 0 Å². The van der Waals surface area contributed by atoms with Crippen LogP contribution in [-0.4, -0.2) is 22.6 Å². The fourth-order valence-corrected chi connectivity index (χ4v) is 0.864. The summed E-state index contributed by atoms with van der Waals surface area (Å²) < 4.78 is 38.9. The molecule has 0 aromatic carbocycles. The van der Waals surface area contributed by atoms with E-state index in [9.17, 15) is 18.0 Å². The van der Waals surface area contributed by atoms with Gasteiger partial charge in [-0.2, -0.15) is 4.98 Å². The Hall–Kier alpha value is -1.66. The molecule has 0 fully saturated rings. The third-order valence-electron chi connectivity index (χ3n) is 1.39. The molecule has 1 rings (SSSR count). The molecular formula is C8H7F3N2O2. The van der Waals surface area contributed by atoms with Gasteiger partial charge in [0, 0.05) is 25.1 Å². The number of halogens is 3. The van der Waals surface area contributed by atoms with Crippen LogP contribution < -0.4 is 4.74 Å². The van der Waals surface area contributed by atoms with Crippen LogP contribution in [0.5, 0.6) is 5.88 Å². The number of aryl methyl sites for hydroxylation is 1. The summed E-state index contributed by atoms with van der Waals surface area (Å²) in [5, 5.41) is 0. The molecule has 4 nitrogen and oxygen atoms in total. The number of carbonyl (C=O) groups is 1. The molecule has 82 valence electrons. The van der Waals surface area contributed by atoms with Crippen LogP contribution >= 0.6 is 0 Å². The van der Waals surface area contributed by atoms with E-state index in [4.69, 9.17) is 0 Å². The van der Waals surface area contributed by atoms with Crippen molar-refractivity contribution in [2.24, 2.45) is 0 Å². The van der Waals surface area contributed by atoms with Crippen molar-refractivity contribution in [2.45, 2.75) is 19.2 Å². The second-order valence-electron chi connectivity index (χ2n) is 2.56. The van der Waals surface area contributed by atoms with Crippen LogP contribution in [0.25, 0.3) is 0 Å². The first kappa shape index (κ1) is 11.4. The van der Waals surface area contributed by atoms with Crippen LogP contribution in [0.4, 0.5) is 13.2 Å². The molecule has 1 aromatic heterocycles. The Morgan fingerprint density at radius 1 is 1.47 bits per heavy atom. The fraction of sp³-hybridized carbons (Fsp3) is 0.375. The van der Waals surface area contributed by atoms with Gasteiger partial charge in [0.05, 0.1) is 0 Å². The summed E-state index contributed by atoms with van der Waals surface area (Å²) >= 11 is 0. The van der Waals surface area contributed by atoms with Crippen LogP contribution in [0, 0.1) is 0 Å². The highest BCUT2D eigenvalue weighted by Gasteiger charge is 2.31. The summed E-state index contributed by atoms with van der Waals surface area (Å²) in [6, 6.07) is 0.998. The topological polar surface area (TPSA) is 52.1 Å². The lowest BCUT2D eigenvalue weighted by Gasteiger charge is -2.07. The molecule has 0 aliphatic heterocycles. The van der Waals surface area contributed by atoms with Gasteiger partial charge in [-0.3, -0.25) is 0 Å². The van der Waals surface area contributed by atoms with E-state index in [1.165, 1.54) is 0 Å². The fourth-order valence-electron chi connectivity index (χ4n) is 0.864. The van der Waals surface area contributed by atoms with E-state index in [2.05, 4.69) is 14.7 Å². The van der Waals surface area contributed by atoms with Gasteiger partial charge in [-0.25, -0.2) is 4.98 Å². The normalized spacial score (nSPS) is 11.1. The highest BCUT2D eigenvalue weighted by Crippen LogP contribution is 2.20. The Morgan fingerprint density at radius 2 is 2.20 bits per heavy atom. The van der Waals surface area contributed by atoms with E-state index >= 15 is 0 Å². The van der Waals surface area contributed by atoms with Crippen LogP contribution in [0.1, 0.15) is 12.2 Å². The van der Waals surface area contributed by atoms with Crippen molar-refractivity contribution >= 4 is 6.29 Å². The van der Waals surface area contributed by atoms with Crippen molar-refractivity contribution in [1.29, 1.82) is 0 Å². The molecule has 0 spiro atoms. The van der Waals surface area contributed by atoms with Gasteiger partial charge in [0.1, 0.15) is 12.1 Å². The maximum Gasteiger partial charge on any atom is 0.574 e. The zero-order valence-electron chi connectivity index (χ0n) is 7.49. The van der Waals surface area contributed by atoms with Gasteiger partial charge >= 0.3 is 6.36 Å². The van der Waals surface area contributed by atoms with Gasteiger partial charge in [-0.05, 0) is 0 Å². The second kappa shape index (κ2) is 4.72. The number of aromatic nitrogens is 2. The van der Waals surface area contributed by atoms with Crippen molar-refractivity contribution in [1.82, 2.24) is 9.97 Å². The largest absolute Gasteiger partial charge is 0.574 e. The van der Waals surface area contributed by atoms with E-state index in [1.54, 1.807) is 0 Å². The first-order valence-corrected chi connectivity index (χ1v) is 4.02. The molecule has 0 aliphatic rings. The van der Waals surface area contributed by atoms with E-state index in [0.29, 0.717) is 6.29 Å². The Bertz CT molecular complexity index is 341. The maximum absolute atomic E-state index is 11.8. The van der Waals surface area contributed by atoms with Crippen LogP contribution in [-0.2, 0) is 11.2 Å². The first-order chi connectivity index (χ1) is 7.01. The minimum Gasteiger partial charge on any atom is -0.388 e. The molecule has 0 atom stereocenters. The monoisotopic (exact) mass is 220 g/mol. The Morgan fingerprint density at radius 3 is 2.80 bits per heavy atom. The predicted molar refractivity (Wildman–Crippen MR) is 43.1 cm³/mol. The molecule has 0 N–H and O–H groups in total. The standard InChI is InChI=1S/C8H7F3N2O2/c9-8(10,11)15-7-3-4-12-6(13-7)2-1-5-14/h3-5H,1-2H2. The van der Waals surface area contributed by atoms with Crippen LogP contribution in [0.2, 0.25) is 0 Å². The molecule has 0 radical (unpaired) electrons. The van der Waals surface area contributed by atoms with Crippen molar-refractivity contribution in [3.05, 3.63) is 18.1 Å². The predicted octanol–water partition coefficient (Wildman–Crippen LogP) is 1.51. The van der Waals surface area contributed by atoms with Gasteiger partial charge in [0.25, 0.3) is 0 Å². The molecule has 0 saturated carbocycles. The minimum absolute atomic E-state index is 0.142. The number of hydrogen-bond acceptors (Lipinski definition) is 4. The summed E-state index contributed by atoms with van der Waals surface area (Å²) in [6.07, 6.45) is -2.63. The van der Waals surface area contributed by atoms with Crippen molar-refractivity contribution in [2.75, 3.05) is 0 Å². The molecule has 0 unspecified atom stereocenters. The summed E-state index contributed by atoms with van der Waals surface area (Å²) in [5.41, 5.74) is 0. The zero-order valence-corrected chi connectivity index (χ0v) is 7.49. The highest BCUT2D eigenvalue weighted by atomic mass is 19.4. The van der Waals surface area contributed by atoms with Gasteiger partial charge in [0.15, 0.2) is 0 Å². The van der Waals surface area contributed by atoms with Crippen molar-refractivity contribution in [3.8, 4) is 5.88 Å². The molecule has 0 bridgehead atoms. The number of rotatable bonds is 4. The lowest BCUT2D eigenvalue weighted by atomic mass is 10.3. The Balaban J connectivity index is 2.69.